The molecule has 0 saturated carbocycles. The Morgan fingerprint density at radius 3 is 2.60 bits per heavy atom. The highest BCUT2D eigenvalue weighted by Crippen LogP contribution is 2.23. The van der Waals surface area contributed by atoms with E-state index in [9.17, 15) is 0 Å². The van der Waals surface area contributed by atoms with Gasteiger partial charge in [0.1, 0.15) is 0 Å². The third-order valence-corrected chi connectivity index (χ3v) is 2.47. The van der Waals surface area contributed by atoms with Crippen LogP contribution >= 0.6 is 0 Å². The lowest BCUT2D eigenvalue weighted by molar-refractivity contribution is 0.538. The fourth-order valence-corrected chi connectivity index (χ4v) is 1.29. The predicted octanol–water partition coefficient (Wildman–Crippen LogP) is 2.37. The molecular weight excluding hydrogens is 186 g/mol. The van der Waals surface area contributed by atoms with E-state index in [0.717, 1.165) is 11.3 Å². The lowest BCUT2D eigenvalue weighted by Gasteiger charge is -2.34. The number of pyridine rings is 1. The van der Waals surface area contributed by atoms with Crippen molar-refractivity contribution in [2.45, 2.75) is 26.3 Å². The number of rotatable bonds is 2. The molecular formula is C12H19N3. The third kappa shape index (κ3) is 2.78. The van der Waals surface area contributed by atoms with Crippen LogP contribution in [-0.2, 0) is 0 Å². The van der Waals surface area contributed by atoms with Gasteiger partial charge in [-0.25, -0.2) is 0 Å². The van der Waals surface area contributed by atoms with Crippen LogP contribution in [-0.4, -0.2) is 30.8 Å². The van der Waals surface area contributed by atoms with Crippen LogP contribution in [0.15, 0.2) is 23.5 Å². The van der Waals surface area contributed by atoms with Gasteiger partial charge in [0, 0.05) is 37.6 Å². The van der Waals surface area contributed by atoms with Gasteiger partial charge in [-0.15, -0.1) is 0 Å². The van der Waals surface area contributed by atoms with Crippen LogP contribution in [0, 0.1) is 0 Å². The third-order valence-electron chi connectivity index (χ3n) is 2.47. The fourth-order valence-electron chi connectivity index (χ4n) is 1.29. The van der Waals surface area contributed by atoms with Crippen molar-refractivity contribution in [2.24, 2.45) is 4.99 Å². The van der Waals surface area contributed by atoms with Gasteiger partial charge < -0.3 is 4.90 Å². The van der Waals surface area contributed by atoms with Gasteiger partial charge in [-0.1, -0.05) is 0 Å². The van der Waals surface area contributed by atoms with Gasteiger partial charge in [0.05, 0.1) is 11.9 Å². The molecule has 0 aromatic carbocycles. The molecule has 3 nitrogen and oxygen atoms in total. The summed E-state index contributed by atoms with van der Waals surface area (Å²) < 4.78 is 0. The Morgan fingerprint density at radius 2 is 2.07 bits per heavy atom. The van der Waals surface area contributed by atoms with E-state index in [1.54, 1.807) is 13.2 Å². The van der Waals surface area contributed by atoms with Gasteiger partial charge in [0.15, 0.2) is 0 Å². The summed E-state index contributed by atoms with van der Waals surface area (Å²) in [6, 6.07) is 1.98. The molecule has 0 saturated heterocycles. The molecule has 0 aliphatic heterocycles. The summed E-state index contributed by atoms with van der Waals surface area (Å²) in [5, 5.41) is 0. The van der Waals surface area contributed by atoms with Gasteiger partial charge >= 0.3 is 0 Å². The molecule has 0 amide bonds. The van der Waals surface area contributed by atoms with Crippen molar-refractivity contribution in [3.63, 3.8) is 0 Å². The number of hydrogen-bond donors (Lipinski definition) is 0. The van der Waals surface area contributed by atoms with Crippen molar-refractivity contribution in [1.29, 1.82) is 0 Å². The van der Waals surface area contributed by atoms with Crippen LogP contribution in [0.2, 0.25) is 0 Å². The second kappa shape index (κ2) is 4.43. The second-order valence-electron chi connectivity index (χ2n) is 4.55. The molecule has 0 atom stereocenters. The molecule has 3 heteroatoms. The molecule has 0 aliphatic carbocycles. The largest absolute Gasteiger partial charge is 0.368 e. The first kappa shape index (κ1) is 11.7. The van der Waals surface area contributed by atoms with Crippen molar-refractivity contribution in [1.82, 2.24) is 4.98 Å². The Labute approximate surface area is 91.9 Å². The maximum Gasteiger partial charge on any atom is 0.0643 e. The minimum Gasteiger partial charge on any atom is -0.368 e. The van der Waals surface area contributed by atoms with E-state index in [0.29, 0.717) is 0 Å². The number of aliphatic imine (C=N–C) groups is 1. The van der Waals surface area contributed by atoms with E-state index in [4.69, 9.17) is 0 Å². The molecule has 15 heavy (non-hydrogen) atoms. The molecule has 1 heterocycles. The summed E-state index contributed by atoms with van der Waals surface area (Å²) in [6.45, 7) is 6.52. The Morgan fingerprint density at radius 1 is 1.40 bits per heavy atom. The first-order chi connectivity index (χ1) is 6.96. The standard InChI is InChI=1S/C12H19N3/c1-12(2,3)15(5)11-9-14-7-6-10(11)8-13-4/h6-9H,1-5H3. The summed E-state index contributed by atoms with van der Waals surface area (Å²) in [5.41, 5.74) is 2.29. The quantitative estimate of drug-likeness (QED) is 0.693. The number of aromatic nitrogens is 1. The molecule has 0 unspecified atom stereocenters. The van der Waals surface area contributed by atoms with E-state index >= 15 is 0 Å². The topological polar surface area (TPSA) is 28.5 Å². The summed E-state index contributed by atoms with van der Waals surface area (Å²) in [6.07, 6.45) is 5.53. The van der Waals surface area contributed by atoms with Gasteiger partial charge in [-0.05, 0) is 26.8 Å². The zero-order chi connectivity index (χ0) is 11.5. The maximum atomic E-state index is 4.16. The van der Waals surface area contributed by atoms with Gasteiger partial charge in [-0.2, -0.15) is 0 Å². The van der Waals surface area contributed by atoms with Crippen LogP contribution in [0.3, 0.4) is 0 Å². The molecule has 0 spiro atoms. The molecule has 1 rings (SSSR count). The SMILES string of the molecule is CN=Cc1ccncc1N(C)C(C)(C)C. The van der Waals surface area contributed by atoms with Crippen molar-refractivity contribution in [3.05, 3.63) is 24.0 Å². The summed E-state index contributed by atoms with van der Waals surface area (Å²) >= 11 is 0. The normalized spacial score (nSPS) is 12.1. The van der Waals surface area contributed by atoms with Crippen LogP contribution in [0.5, 0.6) is 0 Å². The average molecular weight is 205 g/mol. The lowest BCUT2D eigenvalue weighted by atomic mass is 10.1. The van der Waals surface area contributed by atoms with Crippen molar-refractivity contribution >= 4 is 11.9 Å². The zero-order valence-electron chi connectivity index (χ0n) is 10.2. The van der Waals surface area contributed by atoms with E-state index in [1.165, 1.54) is 0 Å². The van der Waals surface area contributed by atoms with E-state index in [2.05, 4.69) is 42.7 Å². The average Bonchev–Trinajstić information content (AvgIpc) is 2.17. The fraction of sp³-hybridized carbons (Fsp3) is 0.500. The summed E-state index contributed by atoms with van der Waals surface area (Å²) in [4.78, 5) is 10.4. The molecule has 0 fully saturated rings. The van der Waals surface area contributed by atoms with Gasteiger partial charge in [0.25, 0.3) is 0 Å². The molecule has 0 bridgehead atoms. The van der Waals surface area contributed by atoms with Crippen molar-refractivity contribution in [3.8, 4) is 0 Å². The van der Waals surface area contributed by atoms with Crippen LogP contribution in [0.25, 0.3) is 0 Å². The second-order valence-corrected chi connectivity index (χ2v) is 4.55. The Bertz CT molecular complexity index is 350. The predicted molar refractivity (Wildman–Crippen MR) is 65.9 cm³/mol. The molecule has 0 N–H and O–H groups in total. The van der Waals surface area contributed by atoms with Crippen LogP contribution < -0.4 is 4.90 Å². The highest BCUT2D eigenvalue weighted by Gasteiger charge is 2.19. The number of nitrogens with zero attached hydrogens (tertiary/aromatic N) is 3. The number of hydrogen-bond acceptors (Lipinski definition) is 3. The van der Waals surface area contributed by atoms with Crippen molar-refractivity contribution in [2.75, 3.05) is 19.0 Å². The van der Waals surface area contributed by atoms with Crippen LogP contribution in [0.1, 0.15) is 26.3 Å². The molecule has 0 radical (unpaired) electrons. The molecule has 82 valence electrons. The molecule has 0 aliphatic rings. The van der Waals surface area contributed by atoms with Crippen molar-refractivity contribution < 1.29 is 0 Å². The van der Waals surface area contributed by atoms with E-state index in [1.807, 2.05) is 18.5 Å². The Balaban J connectivity index is 3.13. The zero-order valence-corrected chi connectivity index (χ0v) is 10.2. The van der Waals surface area contributed by atoms with Gasteiger partial charge in [0.2, 0.25) is 0 Å². The van der Waals surface area contributed by atoms with E-state index < -0.39 is 0 Å². The van der Waals surface area contributed by atoms with E-state index in [-0.39, 0.29) is 5.54 Å². The smallest absolute Gasteiger partial charge is 0.0643 e. The Kier molecular flexibility index (Phi) is 3.45. The lowest BCUT2D eigenvalue weighted by Crippen LogP contribution is -2.38. The first-order valence-corrected chi connectivity index (χ1v) is 5.07. The van der Waals surface area contributed by atoms with Crippen LogP contribution in [0.4, 0.5) is 5.69 Å². The monoisotopic (exact) mass is 205 g/mol. The number of anilines is 1. The minimum atomic E-state index is 0.0827. The maximum absolute atomic E-state index is 4.16. The summed E-state index contributed by atoms with van der Waals surface area (Å²) in [5.74, 6) is 0. The highest BCUT2D eigenvalue weighted by molar-refractivity contribution is 5.87. The minimum absolute atomic E-state index is 0.0827. The van der Waals surface area contributed by atoms with Gasteiger partial charge in [-0.3, -0.25) is 9.98 Å². The Hall–Kier alpha value is -1.38. The highest BCUT2D eigenvalue weighted by atomic mass is 15.2. The molecule has 1 aromatic rings. The molecule has 1 aromatic heterocycles. The summed E-state index contributed by atoms with van der Waals surface area (Å²) in [7, 11) is 3.85. The first-order valence-electron chi connectivity index (χ1n) is 5.07.